The third-order valence-electron chi connectivity index (χ3n) is 5.23. The summed E-state index contributed by atoms with van der Waals surface area (Å²) in [6.45, 7) is 5.08. The quantitative estimate of drug-likeness (QED) is 0.397. The summed E-state index contributed by atoms with van der Waals surface area (Å²) in [5.74, 6) is 0.238. The second-order valence-electron chi connectivity index (χ2n) is 7.85. The molecule has 2 aromatic carbocycles. The molecule has 1 N–H and O–H groups in total. The summed E-state index contributed by atoms with van der Waals surface area (Å²) < 4.78 is 7.42. The van der Waals surface area contributed by atoms with Crippen molar-refractivity contribution in [2.24, 2.45) is 0 Å². The Hall–Kier alpha value is -3.64. The van der Waals surface area contributed by atoms with E-state index in [4.69, 9.17) is 16.3 Å². The normalized spacial score (nSPS) is 10.8. The number of hydrogen-bond donors (Lipinski definition) is 1. The Morgan fingerprint density at radius 2 is 1.76 bits per heavy atom. The van der Waals surface area contributed by atoms with Crippen LogP contribution in [0.2, 0.25) is 5.15 Å². The minimum atomic E-state index is -0.267. The molecule has 33 heavy (non-hydrogen) atoms. The third-order valence-corrected chi connectivity index (χ3v) is 5.61. The topological polar surface area (TPSA) is 69.0 Å². The van der Waals surface area contributed by atoms with Gasteiger partial charge in [-0.3, -0.25) is 4.79 Å². The molecular formula is C26H25ClN4O2. The van der Waals surface area contributed by atoms with E-state index >= 15 is 0 Å². The van der Waals surface area contributed by atoms with Crippen molar-refractivity contribution in [1.82, 2.24) is 20.1 Å². The van der Waals surface area contributed by atoms with Gasteiger partial charge in [-0.15, -0.1) is 0 Å². The van der Waals surface area contributed by atoms with Crippen molar-refractivity contribution < 1.29 is 9.53 Å². The van der Waals surface area contributed by atoms with E-state index in [0.29, 0.717) is 42.0 Å². The number of nitrogens with zero attached hydrogens (tertiary/aromatic N) is 3. The number of amides is 1. The molecule has 168 valence electrons. The molecule has 0 saturated heterocycles. The minimum absolute atomic E-state index is 0.267. The average Bonchev–Trinajstić information content (AvgIpc) is 3.11. The predicted molar refractivity (Wildman–Crippen MR) is 128 cm³/mol. The van der Waals surface area contributed by atoms with Crippen molar-refractivity contribution in [3.63, 3.8) is 0 Å². The summed E-state index contributed by atoms with van der Waals surface area (Å²) >= 11 is 6.52. The summed E-state index contributed by atoms with van der Waals surface area (Å²) in [5.41, 5.74) is 5.17. The van der Waals surface area contributed by atoms with Gasteiger partial charge in [-0.05, 0) is 36.6 Å². The first-order valence-electron chi connectivity index (χ1n) is 10.7. The van der Waals surface area contributed by atoms with E-state index in [2.05, 4.69) is 15.4 Å². The van der Waals surface area contributed by atoms with Crippen LogP contribution in [-0.4, -0.2) is 20.7 Å². The van der Waals surface area contributed by atoms with E-state index < -0.39 is 0 Å². The Morgan fingerprint density at radius 3 is 2.52 bits per heavy atom. The van der Waals surface area contributed by atoms with Crippen molar-refractivity contribution >= 4 is 17.5 Å². The zero-order valence-corrected chi connectivity index (χ0v) is 19.3. The van der Waals surface area contributed by atoms with Crippen molar-refractivity contribution in [3.8, 4) is 5.88 Å². The molecule has 0 unspecified atom stereocenters. The zero-order valence-electron chi connectivity index (χ0n) is 18.6. The summed E-state index contributed by atoms with van der Waals surface area (Å²) in [4.78, 5) is 17.1. The van der Waals surface area contributed by atoms with E-state index in [1.165, 1.54) is 5.56 Å². The van der Waals surface area contributed by atoms with Gasteiger partial charge in [0.2, 0.25) is 5.88 Å². The van der Waals surface area contributed by atoms with Crippen LogP contribution in [0, 0.1) is 13.8 Å². The van der Waals surface area contributed by atoms with Crippen LogP contribution in [0.3, 0.4) is 0 Å². The van der Waals surface area contributed by atoms with Gasteiger partial charge >= 0.3 is 0 Å². The fraction of sp³-hybridized carbons (Fsp3) is 0.192. The molecule has 0 fully saturated rings. The lowest BCUT2D eigenvalue weighted by molar-refractivity contribution is 0.0950. The summed E-state index contributed by atoms with van der Waals surface area (Å²) in [6.07, 6.45) is 1.67. The molecule has 4 aromatic rings. The highest BCUT2D eigenvalue weighted by atomic mass is 35.5. The number of carbonyl (C=O) groups is 1. The zero-order chi connectivity index (χ0) is 23.2. The fourth-order valence-electron chi connectivity index (χ4n) is 3.42. The lowest BCUT2D eigenvalue weighted by Crippen LogP contribution is -2.23. The number of aryl methyl sites for hydroxylation is 2. The van der Waals surface area contributed by atoms with Crippen LogP contribution < -0.4 is 10.1 Å². The highest BCUT2D eigenvalue weighted by molar-refractivity contribution is 6.33. The van der Waals surface area contributed by atoms with Gasteiger partial charge in [-0.1, -0.05) is 71.8 Å². The molecule has 0 aliphatic rings. The number of aromatic nitrogens is 3. The molecule has 0 radical (unpaired) electrons. The number of nitrogens with one attached hydrogen (secondary N) is 1. The largest absolute Gasteiger partial charge is 0.473 e. The van der Waals surface area contributed by atoms with Gasteiger partial charge in [-0.2, -0.15) is 5.10 Å². The summed E-state index contributed by atoms with van der Waals surface area (Å²) in [5, 5.41) is 7.71. The molecule has 6 nitrogen and oxygen atoms in total. The Kier molecular flexibility index (Phi) is 7.05. The number of ether oxygens (including phenoxy) is 1. The van der Waals surface area contributed by atoms with E-state index in [1.54, 1.807) is 17.8 Å². The Balaban J connectivity index is 1.38. The van der Waals surface area contributed by atoms with E-state index in [-0.39, 0.29) is 5.91 Å². The molecule has 0 atom stereocenters. The van der Waals surface area contributed by atoms with Gasteiger partial charge in [0.15, 0.2) is 0 Å². The molecular weight excluding hydrogens is 436 g/mol. The highest BCUT2D eigenvalue weighted by Gasteiger charge is 2.20. The van der Waals surface area contributed by atoms with Crippen molar-refractivity contribution in [2.45, 2.75) is 33.5 Å². The van der Waals surface area contributed by atoms with Gasteiger partial charge in [0.1, 0.15) is 11.8 Å². The van der Waals surface area contributed by atoms with E-state index in [0.717, 1.165) is 16.7 Å². The number of rotatable bonds is 8. The van der Waals surface area contributed by atoms with Gasteiger partial charge in [0.05, 0.1) is 17.8 Å². The summed E-state index contributed by atoms with van der Waals surface area (Å²) in [6, 6.07) is 21.7. The lowest BCUT2D eigenvalue weighted by atomic mass is 10.1. The van der Waals surface area contributed by atoms with Crippen molar-refractivity contribution in [2.75, 3.05) is 0 Å². The molecule has 4 rings (SSSR count). The fourth-order valence-corrected chi connectivity index (χ4v) is 3.74. The van der Waals surface area contributed by atoms with Gasteiger partial charge in [0.25, 0.3) is 5.91 Å². The van der Waals surface area contributed by atoms with Gasteiger partial charge in [0, 0.05) is 18.8 Å². The number of halogens is 1. The first-order valence-corrected chi connectivity index (χ1v) is 11.1. The molecule has 0 bridgehead atoms. The van der Waals surface area contributed by atoms with Crippen LogP contribution in [0.25, 0.3) is 0 Å². The maximum atomic E-state index is 12.9. The maximum Gasteiger partial charge on any atom is 0.256 e. The van der Waals surface area contributed by atoms with Crippen molar-refractivity contribution in [1.29, 1.82) is 0 Å². The molecule has 1 amide bonds. The molecule has 0 aliphatic heterocycles. The smallest absolute Gasteiger partial charge is 0.256 e. The van der Waals surface area contributed by atoms with Crippen LogP contribution in [0.4, 0.5) is 0 Å². The first kappa shape index (κ1) is 22.6. The molecule has 0 saturated carbocycles. The lowest BCUT2D eigenvalue weighted by Gasteiger charge is -2.09. The molecule has 7 heteroatoms. The summed E-state index contributed by atoms with van der Waals surface area (Å²) in [7, 11) is 0. The van der Waals surface area contributed by atoms with Crippen LogP contribution in [-0.2, 0) is 19.7 Å². The highest BCUT2D eigenvalue weighted by Crippen LogP contribution is 2.21. The SMILES string of the molecule is Cc1ccc(Cn2nc(C)c(C(=O)NCc3ccnc(OCc4ccccc4)c3)c2Cl)cc1. The van der Waals surface area contributed by atoms with Crippen LogP contribution in [0.15, 0.2) is 72.9 Å². The monoisotopic (exact) mass is 460 g/mol. The third kappa shape index (κ3) is 5.79. The molecule has 0 aliphatic carbocycles. The second-order valence-corrected chi connectivity index (χ2v) is 8.21. The Labute approximate surface area is 198 Å². The van der Waals surface area contributed by atoms with Crippen LogP contribution >= 0.6 is 11.6 Å². The minimum Gasteiger partial charge on any atom is -0.473 e. The van der Waals surface area contributed by atoms with E-state index in [9.17, 15) is 4.79 Å². The molecule has 2 aromatic heterocycles. The predicted octanol–water partition coefficient (Wildman–Crippen LogP) is 5.11. The number of carbonyl (C=O) groups excluding carboxylic acids is 1. The van der Waals surface area contributed by atoms with Crippen LogP contribution in [0.1, 0.15) is 38.3 Å². The van der Waals surface area contributed by atoms with Gasteiger partial charge < -0.3 is 10.1 Å². The average molecular weight is 461 g/mol. The number of hydrogen-bond acceptors (Lipinski definition) is 4. The first-order chi connectivity index (χ1) is 16.0. The number of pyridine rings is 1. The number of benzene rings is 2. The van der Waals surface area contributed by atoms with Crippen LogP contribution in [0.5, 0.6) is 5.88 Å². The van der Waals surface area contributed by atoms with Gasteiger partial charge in [-0.25, -0.2) is 9.67 Å². The standard InChI is InChI=1S/C26H25ClN4O2/c1-18-8-10-20(11-9-18)16-31-25(27)24(19(2)30-31)26(32)29-15-22-12-13-28-23(14-22)33-17-21-6-4-3-5-7-21/h3-14H,15-17H2,1-2H3,(H,29,32). The van der Waals surface area contributed by atoms with Crippen molar-refractivity contribution in [3.05, 3.63) is 112 Å². The molecule has 2 heterocycles. The Bertz CT molecular complexity index is 1240. The van der Waals surface area contributed by atoms with E-state index in [1.807, 2.05) is 73.7 Å². The maximum absolute atomic E-state index is 12.9. The molecule has 0 spiro atoms. The Morgan fingerprint density at radius 1 is 1.00 bits per heavy atom. The second kappa shape index (κ2) is 10.3.